The Morgan fingerprint density at radius 1 is 1.37 bits per heavy atom. The molecule has 0 heterocycles. The van der Waals surface area contributed by atoms with Gasteiger partial charge in [-0.1, -0.05) is 19.9 Å². The summed E-state index contributed by atoms with van der Waals surface area (Å²) in [4.78, 5) is 22.5. The summed E-state index contributed by atoms with van der Waals surface area (Å²) in [5.41, 5.74) is 0.819. The van der Waals surface area contributed by atoms with Crippen molar-refractivity contribution in [3.63, 3.8) is 0 Å². The molecule has 104 valence electrons. The summed E-state index contributed by atoms with van der Waals surface area (Å²) < 4.78 is 5.03. The lowest BCUT2D eigenvalue weighted by Gasteiger charge is -2.08. The van der Waals surface area contributed by atoms with Gasteiger partial charge >= 0.3 is 6.09 Å². The zero-order valence-corrected chi connectivity index (χ0v) is 11.9. The van der Waals surface area contributed by atoms with Crippen LogP contribution in [0.4, 0.5) is 10.5 Å². The van der Waals surface area contributed by atoms with Crippen LogP contribution in [0.5, 0.6) is 0 Å². The summed E-state index contributed by atoms with van der Waals surface area (Å²) in [5.74, 6) is 0.595. The van der Waals surface area contributed by atoms with E-state index in [1.54, 1.807) is 18.2 Å². The number of rotatable bonds is 6. The maximum atomic E-state index is 11.5. The lowest BCUT2D eigenvalue weighted by molar-refractivity contribution is 0.108. The number of carbonyl (C=O) groups excluding carboxylic acids is 2. The fourth-order valence-electron chi connectivity index (χ4n) is 1.53. The Bertz CT molecular complexity index is 446. The Kier molecular flexibility index (Phi) is 6.36. The van der Waals surface area contributed by atoms with Crippen LogP contribution in [0, 0.1) is 5.92 Å². The van der Waals surface area contributed by atoms with Crippen LogP contribution in [-0.2, 0) is 4.74 Å². The summed E-state index contributed by atoms with van der Waals surface area (Å²) in [7, 11) is 0. The summed E-state index contributed by atoms with van der Waals surface area (Å²) in [6.07, 6.45) is 1.33. The molecule has 4 nitrogen and oxygen atoms in total. The smallest absolute Gasteiger partial charge is 0.411 e. The highest BCUT2D eigenvalue weighted by molar-refractivity contribution is 6.67. The van der Waals surface area contributed by atoms with Crippen molar-refractivity contribution in [1.82, 2.24) is 0 Å². The standard InChI is InChI=1S/C14H18ClNO3/c1-10(2)5-4-8-19-14(18)16-12-7-3-6-11(9-12)13(15)17/h3,6-7,9-10H,4-5,8H2,1-2H3,(H,16,18). The van der Waals surface area contributed by atoms with Gasteiger partial charge in [0, 0.05) is 11.3 Å². The molecular weight excluding hydrogens is 266 g/mol. The first-order chi connectivity index (χ1) is 8.99. The van der Waals surface area contributed by atoms with E-state index in [2.05, 4.69) is 19.2 Å². The van der Waals surface area contributed by atoms with Gasteiger partial charge in [-0.25, -0.2) is 4.79 Å². The van der Waals surface area contributed by atoms with E-state index in [1.165, 1.54) is 6.07 Å². The van der Waals surface area contributed by atoms with Gasteiger partial charge in [-0.2, -0.15) is 0 Å². The molecule has 0 aliphatic carbocycles. The summed E-state index contributed by atoms with van der Waals surface area (Å²) in [6.45, 7) is 4.63. The second kappa shape index (κ2) is 7.79. The van der Waals surface area contributed by atoms with Crippen LogP contribution in [0.15, 0.2) is 24.3 Å². The molecule has 0 spiro atoms. The largest absolute Gasteiger partial charge is 0.449 e. The fraction of sp³-hybridized carbons (Fsp3) is 0.429. The van der Waals surface area contributed by atoms with Gasteiger partial charge in [0.15, 0.2) is 0 Å². The summed E-state index contributed by atoms with van der Waals surface area (Å²) >= 11 is 5.36. The van der Waals surface area contributed by atoms with Gasteiger partial charge in [-0.3, -0.25) is 10.1 Å². The Hall–Kier alpha value is -1.55. The van der Waals surface area contributed by atoms with Crippen LogP contribution in [-0.4, -0.2) is 17.9 Å². The Labute approximate surface area is 118 Å². The number of halogens is 1. The molecule has 0 atom stereocenters. The van der Waals surface area contributed by atoms with E-state index >= 15 is 0 Å². The molecule has 0 bridgehead atoms. The number of carbonyl (C=O) groups is 2. The van der Waals surface area contributed by atoms with Gasteiger partial charge in [0.1, 0.15) is 0 Å². The first kappa shape index (κ1) is 15.5. The minimum Gasteiger partial charge on any atom is -0.449 e. The molecule has 0 aromatic heterocycles. The molecule has 0 saturated heterocycles. The van der Waals surface area contributed by atoms with Gasteiger partial charge in [-0.15, -0.1) is 0 Å². The average Bonchev–Trinajstić information content (AvgIpc) is 2.34. The highest BCUT2D eigenvalue weighted by Gasteiger charge is 2.06. The summed E-state index contributed by atoms with van der Waals surface area (Å²) in [6, 6.07) is 6.39. The van der Waals surface area contributed by atoms with Gasteiger partial charge in [0.25, 0.3) is 5.24 Å². The van der Waals surface area contributed by atoms with Crippen LogP contribution in [0.2, 0.25) is 0 Å². The second-order valence-electron chi connectivity index (χ2n) is 4.65. The summed E-state index contributed by atoms with van der Waals surface area (Å²) in [5, 5.41) is 1.99. The zero-order chi connectivity index (χ0) is 14.3. The van der Waals surface area contributed by atoms with Crippen LogP contribution < -0.4 is 5.32 Å². The van der Waals surface area contributed by atoms with Crippen molar-refractivity contribution in [2.45, 2.75) is 26.7 Å². The molecule has 0 unspecified atom stereocenters. The zero-order valence-electron chi connectivity index (χ0n) is 11.1. The quantitative estimate of drug-likeness (QED) is 0.633. The Morgan fingerprint density at radius 3 is 2.74 bits per heavy atom. The predicted molar refractivity (Wildman–Crippen MR) is 75.7 cm³/mol. The van der Waals surface area contributed by atoms with E-state index in [0.29, 0.717) is 23.8 Å². The molecular formula is C14H18ClNO3. The highest BCUT2D eigenvalue weighted by atomic mass is 35.5. The third-order valence-electron chi connectivity index (χ3n) is 2.49. The number of ether oxygens (including phenoxy) is 1. The molecule has 1 amide bonds. The van der Waals surface area contributed by atoms with Crippen molar-refractivity contribution in [1.29, 1.82) is 0 Å². The monoisotopic (exact) mass is 283 g/mol. The van der Waals surface area contributed by atoms with E-state index in [1.807, 2.05) is 0 Å². The molecule has 5 heteroatoms. The van der Waals surface area contributed by atoms with Crippen molar-refractivity contribution >= 4 is 28.6 Å². The number of hydrogen-bond donors (Lipinski definition) is 1. The van der Waals surface area contributed by atoms with Crippen LogP contribution in [0.3, 0.4) is 0 Å². The van der Waals surface area contributed by atoms with E-state index in [4.69, 9.17) is 16.3 Å². The van der Waals surface area contributed by atoms with Crippen molar-refractivity contribution in [3.05, 3.63) is 29.8 Å². The topological polar surface area (TPSA) is 55.4 Å². The SMILES string of the molecule is CC(C)CCCOC(=O)Nc1cccc(C(=O)Cl)c1. The predicted octanol–water partition coefficient (Wildman–Crippen LogP) is 4.05. The Morgan fingerprint density at radius 2 is 2.11 bits per heavy atom. The molecule has 1 aromatic carbocycles. The van der Waals surface area contributed by atoms with Crippen molar-refractivity contribution in [2.75, 3.05) is 11.9 Å². The van der Waals surface area contributed by atoms with E-state index < -0.39 is 11.3 Å². The van der Waals surface area contributed by atoms with E-state index in [0.717, 1.165) is 12.8 Å². The second-order valence-corrected chi connectivity index (χ2v) is 4.99. The molecule has 19 heavy (non-hydrogen) atoms. The minimum atomic E-state index is -0.561. The van der Waals surface area contributed by atoms with Crippen molar-refractivity contribution < 1.29 is 14.3 Å². The lowest BCUT2D eigenvalue weighted by Crippen LogP contribution is -2.14. The third-order valence-corrected chi connectivity index (χ3v) is 2.71. The Balaban J connectivity index is 2.40. The maximum absolute atomic E-state index is 11.5. The highest BCUT2D eigenvalue weighted by Crippen LogP contribution is 2.13. The number of anilines is 1. The number of benzene rings is 1. The molecule has 0 aliphatic heterocycles. The molecule has 0 saturated carbocycles. The van der Waals surface area contributed by atoms with Gasteiger partial charge in [-0.05, 0) is 48.6 Å². The molecule has 1 N–H and O–H groups in total. The first-order valence-electron chi connectivity index (χ1n) is 6.22. The van der Waals surface area contributed by atoms with Crippen LogP contribution in [0.25, 0.3) is 0 Å². The average molecular weight is 284 g/mol. The van der Waals surface area contributed by atoms with E-state index in [-0.39, 0.29) is 0 Å². The normalized spacial score (nSPS) is 10.3. The third kappa shape index (κ3) is 6.25. The number of nitrogens with one attached hydrogen (secondary N) is 1. The van der Waals surface area contributed by atoms with Crippen molar-refractivity contribution in [2.24, 2.45) is 5.92 Å². The fourth-order valence-corrected chi connectivity index (χ4v) is 1.65. The number of hydrogen-bond acceptors (Lipinski definition) is 3. The molecule has 0 aliphatic rings. The molecule has 0 fully saturated rings. The van der Waals surface area contributed by atoms with Crippen LogP contribution >= 0.6 is 11.6 Å². The molecule has 0 radical (unpaired) electrons. The first-order valence-corrected chi connectivity index (χ1v) is 6.60. The van der Waals surface area contributed by atoms with Gasteiger partial charge in [0.05, 0.1) is 6.61 Å². The van der Waals surface area contributed by atoms with Crippen molar-refractivity contribution in [3.8, 4) is 0 Å². The van der Waals surface area contributed by atoms with Gasteiger partial charge in [0.2, 0.25) is 0 Å². The lowest BCUT2D eigenvalue weighted by atomic mass is 10.1. The molecule has 1 rings (SSSR count). The molecule has 1 aromatic rings. The van der Waals surface area contributed by atoms with E-state index in [9.17, 15) is 9.59 Å². The minimum absolute atomic E-state index is 0.333. The van der Waals surface area contributed by atoms with Crippen LogP contribution in [0.1, 0.15) is 37.0 Å². The number of amides is 1. The maximum Gasteiger partial charge on any atom is 0.411 e. The van der Waals surface area contributed by atoms with Gasteiger partial charge < -0.3 is 4.74 Å².